The number of ether oxygens (including phenoxy) is 1. The smallest absolute Gasteiger partial charge is 0.417 e. The van der Waals surface area contributed by atoms with Crippen LogP contribution in [0.15, 0.2) is 47.6 Å². The standard InChI is InChI=1S/C15H12F3NO2S/c1-21-13-5-3-2-4-11(13)12(20)9-22-14-7-6-10(8-19-14)15(16,17)18/h2-8H,9H2,1H3. The molecule has 7 heteroatoms. The van der Waals surface area contributed by atoms with Crippen molar-refractivity contribution < 1.29 is 22.7 Å². The molecule has 0 aliphatic carbocycles. The maximum Gasteiger partial charge on any atom is 0.417 e. The summed E-state index contributed by atoms with van der Waals surface area (Å²) in [4.78, 5) is 15.8. The molecular formula is C15H12F3NO2S. The van der Waals surface area contributed by atoms with E-state index >= 15 is 0 Å². The molecular weight excluding hydrogens is 315 g/mol. The molecule has 0 amide bonds. The highest BCUT2D eigenvalue weighted by Crippen LogP contribution is 2.30. The molecule has 0 aliphatic rings. The first kappa shape index (κ1) is 16.4. The number of halogens is 3. The number of thioether (sulfide) groups is 1. The van der Waals surface area contributed by atoms with Crippen molar-refractivity contribution in [3.8, 4) is 5.75 Å². The fourth-order valence-corrected chi connectivity index (χ4v) is 2.45. The van der Waals surface area contributed by atoms with Crippen molar-refractivity contribution in [2.75, 3.05) is 12.9 Å². The van der Waals surface area contributed by atoms with E-state index in [1.54, 1.807) is 24.3 Å². The normalized spacial score (nSPS) is 11.3. The average molecular weight is 327 g/mol. The Morgan fingerprint density at radius 3 is 2.55 bits per heavy atom. The van der Waals surface area contributed by atoms with Crippen LogP contribution in [-0.2, 0) is 6.18 Å². The summed E-state index contributed by atoms with van der Waals surface area (Å²) in [5.74, 6) is 0.358. The third-order valence-corrected chi connectivity index (χ3v) is 3.77. The van der Waals surface area contributed by atoms with Crippen molar-refractivity contribution in [3.63, 3.8) is 0 Å². The maximum atomic E-state index is 12.4. The van der Waals surface area contributed by atoms with E-state index in [9.17, 15) is 18.0 Å². The highest BCUT2D eigenvalue weighted by Gasteiger charge is 2.30. The number of hydrogen-bond acceptors (Lipinski definition) is 4. The number of methoxy groups -OCH3 is 1. The number of Topliss-reactive ketones (excluding diaryl/α,β-unsaturated/α-hetero) is 1. The van der Waals surface area contributed by atoms with Gasteiger partial charge in [0.1, 0.15) is 5.75 Å². The van der Waals surface area contributed by atoms with Gasteiger partial charge in [0.25, 0.3) is 0 Å². The molecule has 0 saturated carbocycles. The zero-order valence-corrected chi connectivity index (χ0v) is 12.4. The summed E-state index contributed by atoms with van der Waals surface area (Å²) in [6, 6.07) is 8.99. The first-order chi connectivity index (χ1) is 10.4. The number of alkyl halides is 3. The van der Waals surface area contributed by atoms with Gasteiger partial charge in [-0.25, -0.2) is 4.98 Å². The van der Waals surface area contributed by atoms with Gasteiger partial charge < -0.3 is 4.74 Å². The monoisotopic (exact) mass is 327 g/mol. The zero-order valence-electron chi connectivity index (χ0n) is 11.6. The molecule has 0 unspecified atom stereocenters. The number of aromatic nitrogens is 1. The molecule has 0 fully saturated rings. The molecule has 0 saturated heterocycles. The van der Waals surface area contributed by atoms with Crippen LogP contribution in [-0.4, -0.2) is 23.6 Å². The Bertz CT molecular complexity index is 657. The molecule has 0 radical (unpaired) electrons. The molecule has 2 aromatic rings. The number of benzene rings is 1. The van der Waals surface area contributed by atoms with E-state index in [2.05, 4.69) is 4.98 Å². The molecule has 0 bridgehead atoms. The van der Waals surface area contributed by atoms with Gasteiger partial charge >= 0.3 is 6.18 Å². The van der Waals surface area contributed by atoms with Gasteiger partial charge in [0.2, 0.25) is 0 Å². The Hall–Kier alpha value is -2.02. The zero-order chi connectivity index (χ0) is 16.2. The fourth-order valence-electron chi connectivity index (χ4n) is 1.73. The second-order valence-corrected chi connectivity index (χ2v) is 5.29. The second kappa shape index (κ2) is 6.83. The molecule has 116 valence electrons. The van der Waals surface area contributed by atoms with Crippen LogP contribution in [0.2, 0.25) is 0 Å². The fraction of sp³-hybridized carbons (Fsp3) is 0.200. The molecule has 2 rings (SSSR count). The Balaban J connectivity index is 2.02. The van der Waals surface area contributed by atoms with Gasteiger partial charge in [0, 0.05) is 6.20 Å². The Labute approximate surface area is 129 Å². The largest absolute Gasteiger partial charge is 0.496 e. The van der Waals surface area contributed by atoms with Gasteiger partial charge in [0.05, 0.1) is 29.0 Å². The minimum atomic E-state index is -4.41. The minimum absolute atomic E-state index is 0.0682. The lowest BCUT2D eigenvalue weighted by molar-refractivity contribution is -0.137. The second-order valence-electron chi connectivity index (χ2n) is 4.30. The van der Waals surface area contributed by atoms with Crippen LogP contribution in [0.25, 0.3) is 0 Å². The number of hydrogen-bond donors (Lipinski definition) is 0. The summed E-state index contributed by atoms with van der Waals surface area (Å²) in [6.45, 7) is 0. The average Bonchev–Trinajstić information content (AvgIpc) is 2.52. The van der Waals surface area contributed by atoms with Crippen LogP contribution in [0.3, 0.4) is 0 Å². The van der Waals surface area contributed by atoms with Gasteiger partial charge in [-0.05, 0) is 24.3 Å². The van der Waals surface area contributed by atoms with Gasteiger partial charge in [-0.15, -0.1) is 0 Å². The predicted octanol–water partition coefficient (Wildman–Crippen LogP) is 4.08. The molecule has 1 aromatic carbocycles. The number of pyridine rings is 1. The van der Waals surface area contributed by atoms with E-state index in [0.29, 0.717) is 16.3 Å². The molecule has 22 heavy (non-hydrogen) atoms. The summed E-state index contributed by atoms with van der Waals surface area (Å²) in [5.41, 5.74) is -0.377. The highest BCUT2D eigenvalue weighted by molar-refractivity contribution is 7.99. The van der Waals surface area contributed by atoms with Crippen molar-refractivity contribution in [2.24, 2.45) is 0 Å². The minimum Gasteiger partial charge on any atom is -0.496 e. The van der Waals surface area contributed by atoms with Crippen LogP contribution < -0.4 is 4.74 Å². The van der Waals surface area contributed by atoms with E-state index < -0.39 is 11.7 Å². The van der Waals surface area contributed by atoms with Gasteiger partial charge in [-0.1, -0.05) is 23.9 Å². The number of para-hydroxylation sites is 1. The topological polar surface area (TPSA) is 39.2 Å². The first-order valence-corrected chi connectivity index (χ1v) is 7.22. The van der Waals surface area contributed by atoms with E-state index in [1.807, 2.05) is 0 Å². The van der Waals surface area contributed by atoms with Gasteiger partial charge in [-0.3, -0.25) is 4.79 Å². The number of nitrogens with zero attached hydrogens (tertiary/aromatic N) is 1. The van der Waals surface area contributed by atoms with Crippen molar-refractivity contribution in [3.05, 3.63) is 53.7 Å². The number of carbonyl (C=O) groups is 1. The van der Waals surface area contributed by atoms with Gasteiger partial charge in [-0.2, -0.15) is 13.2 Å². The number of ketones is 1. The van der Waals surface area contributed by atoms with Crippen molar-refractivity contribution >= 4 is 17.5 Å². The molecule has 0 spiro atoms. The van der Waals surface area contributed by atoms with Crippen LogP contribution in [0.5, 0.6) is 5.75 Å². The van der Waals surface area contributed by atoms with Crippen molar-refractivity contribution in [2.45, 2.75) is 11.2 Å². The van der Waals surface area contributed by atoms with Crippen LogP contribution in [0.1, 0.15) is 15.9 Å². The molecule has 1 heterocycles. The Morgan fingerprint density at radius 1 is 1.23 bits per heavy atom. The summed E-state index contributed by atoms with van der Waals surface area (Å²) in [7, 11) is 1.47. The lowest BCUT2D eigenvalue weighted by Gasteiger charge is -2.08. The lowest BCUT2D eigenvalue weighted by atomic mass is 10.1. The Morgan fingerprint density at radius 2 is 1.95 bits per heavy atom. The number of carbonyl (C=O) groups excluding carboxylic acids is 1. The summed E-state index contributed by atoms with van der Waals surface area (Å²) < 4.78 is 42.4. The molecule has 3 nitrogen and oxygen atoms in total. The van der Waals surface area contributed by atoms with Gasteiger partial charge in [0.15, 0.2) is 5.78 Å². The third-order valence-electron chi connectivity index (χ3n) is 2.82. The third kappa shape index (κ3) is 4.00. The quantitative estimate of drug-likeness (QED) is 0.613. The van der Waals surface area contributed by atoms with E-state index in [-0.39, 0.29) is 11.5 Å². The van der Waals surface area contributed by atoms with Crippen LogP contribution >= 0.6 is 11.8 Å². The molecule has 0 N–H and O–H groups in total. The number of rotatable bonds is 5. The van der Waals surface area contributed by atoms with Crippen LogP contribution in [0, 0.1) is 0 Å². The summed E-state index contributed by atoms with van der Waals surface area (Å²) in [6.07, 6.45) is -3.65. The van der Waals surface area contributed by atoms with E-state index in [4.69, 9.17) is 4.74 Å². The first-order valence-electron chi connectivity index (χ1n) is 6.24. The summed E-state index contributed by atoms with van der Waals surface area (Å²) in [5, 5.41) is 0.358. The van der Waals surface area contributed by atoms with Crippen molar-refractivity contribution in [1.82, 2.24) is 4.98 Å². The molecule has 0 atom stereocenters. The Kier molecular flexibility index (Phi) is 5.07. The van der Waals surface area contributed by atoms with Crippen molar-refractivity contribution in [1.29, 1.82) is 0 Å². The lowest BCUT2D eigenvalue weighted by Crippen LogP contribution is -2.06. The van der Waals surface area contributed by atoms with E-state index in [0.717, 1.165) is 24.0 Å². The highest BCUT2D eigenvalue weighted by atomic mass is 32.2. The molecule has 1 aromatic heterocycles. The molecule has 0 aliphatic heterocycles. The SMILES string of the molecule is COc1ccccc1C(=O)CSc1ccc(C(F)(F)F)cn1. The maximum absolute atomic E-state index is 12.4. The van der Waals surface area contributed by atoms with Crippen LogP contribution in [0.4, 0.5) is 13.2 Å². The summed E-state index contributed by atoms with van der Waals surface area (Å²) >= 11 is 1.08. The van der Waals surface area contributed by atoms with E-state index in [1.165, 1.54) is 13.2 Å². The predicted molar refractivity (Wildman–Crippen MR) is 77.3 cm³/mol.